The minimum atomic E-state index is -0.406. The third-order valence-corrected chi connectivity index (χ3v) is 5.12. The highest BCUT2D eigenvalue weighted by molar-refractivity contribution is 7.99. The van der Waals surface area contributed by atoms with Crippen LogP contribution in [0.25, 0.3) is 16.6 Å². The fraction of sp³-hybridized carbons (Fsp3) is 0.158. The van der Waals surface area contributed by atoms with Crippen LogP contribution in [0, 0.1) is 17.1 Å². The highest BCUT2D eigenvalue weighted by Gasteiger charge is 2.16. The van der Waals surface area contributed by atoms with Gasteiger partial charge in [-0.1, -0.05) is 11.8 Å². The Hall–Kier alpha value is -3.18. The van der Waals surface area contributed by atoms with Crippen molar-refractivity contribution in [3.05, 3.63) is 60.6 Å². The first-order chi connectivity index (χ1) is 13.1. The molecule has 4 aromatic rings. The summed E-state index contributed by atoms with van der Waals surface area (Å²) in [5.41, 5.74) is 2.86. The molecule has 0 unspecified atom stereocenters. The number of halogens is 1. The monoisotopic (exact) mass is 378 g/mol. The van der Waals surface area contributed by atoms with Gasteiger partial charge < -0.3 is 0 Å². The molecule has 0 aromatic carbocycles. The first-order valence-electron chi connectivity index (χ1n) is 8.31. The van der Waals surface area contributed by atoms with Crippen LogP contribution in [0.1, 0.15) is 25.5 Å². The molecule has 27 heavy (non-hydrogen) atoms. The van der Waals surface area contributed by atoms with E-state index in [0.29, 0.717) is 16.0 Å². The van der Waals surface area contributed by atoms with E-state index < -0.39 is 5.82 Å². The Morgan fingerprint density at radius 1 is 1.19 bits per heavy atom. The Kier molecular flexibility index (Phi) is 4.38. The quantitative estimate of drug-likeness (QED) is 0.528. The van der Waals surface area contributed by atoms with Crippen LogP contribution in [0.2, 0.25) is 0 Å². The van der Waals surface area contributed by atoms with Gasteiger partial charge in [-0.3, -0.25) is 4.68 Å². The third kappa shape index (κ3) is 3.17. The molecule has 0 spiro atoms. The summed E-state index contributed by atoms with van der Waals surface area (Å²) < 4.78 is 17.6. The van der Waals surface area contributed by atoms with Crippen LogP contribution in [0.4, 0.5) is 4.39 Å². The molecule has 0 saturated heterocycles. The van der Waals surface area contributed by atoms with E-state index in [1.54, 1.807) is 23.0 Å². The van der Waals surface area contributed by atoms with Gasteiger partial charge in [0.15, 0.2) is 5.82 Å². The fourth-order valence-electron chi connectivity index (χ4n) is 2.72. The third-order valence-electron chi connectivity index (χ3n) is 4.09. The number of hydrogen-bond donors (Lipinski definition) is 0. The van der Waals surface area contributed by atoms with E-state index in [9.17, 15) is 9.65 Å². The van der Waals surface area contributed by atoms with Crippen molar-refractivity contribution < 1.29 is 4.39 Å². The highest BCUT2D eigenvalue weighted by atomic mass is 32.2. The van der Waals surface area contributed by atoms with Gasteiger partial charge >= 0.3 is 0 Å². The minimum Gasteiger partial charge on any atom is -0.270 e. The van der Waals surface area contributed by atoms with Gasteiger partial charge in [0.25, 0.3) is 0 Å². The Morgan fingerprint density at radius 3 is 2.74 bits per heavy atom. The van der Waals surface area contributed by atoms with E-state index in [1.165, 1.54) is 24.0 Å². The van der Waals surface area contributed by atoms with Crippen LogP contribution in [0.5, 0.6) is 0 Å². The fourth-order valence-corrected chi connectivity index (χ4v) is 3.70. The summed E-state index contributed by atoms with van der Waals surface area (Å²) in [6.07, 6.45) is 8.63. The Labute approximate surface area is 159 Å². The summed E-state index contributed by atoms with van der Waals surface area (Å²) in [6.45, 7) is 4.11. The number of fused-ring (bicyclic) bond motifs is 1. The Morgan fingerprint density at radius 2 is 2.04 bits per heavy atom. The van der Waals surface area contributed by atoms with Crippen LogP contribution in [0.15, 0.2) is 59.1 Å². The van der Waals surface area contributed by atoms with E-state index in [0.717, 1.165) is 11.1 Å². The maximum atomic E-state index is 14.1. The van der Waals surface area contributed by atoms with Crippen molar-refractivity contribution in [1.82, 2.24) is 24.4 Å². The molecule has 6 nitrogen and oxygen atoms in total. The van der Waals surface area contributed by atoms with Gasteiger partial charge in [0.2, 0.25) is 0 Å². The normalized spacial score (nSPS) is 11.2. The molecule has 0 aliphatic heterocycles. The standard InChI is InChI=1S/C19H15FN6S/c1-12(2)25-11-15(9-23-25)13-6-17(27-19-16(20)4-3-5-22-19)18-14(7-21)8-24-26(18)10-13/h3-6,8-12H,1-2H3. The van der Waals surface area contributed by atoms with Crippen molar-refractivity contribution in [2.45, 2.75) is 29.8 Å². The number of hydrogen-bond acceptors (Lipinski definition) is 5. The molecular weight excluding hydrogens is 363 g/mol. The lowest BCUT2D eigenvalue weighted by Crippen LogP contribution is -1.99. The second-order valence-corrected chi connectivity index (χ2v) is 7.28. The van der Waals surface area contributed by atoms with E-state index in [1.807, 2.05) is 23.1 Å². The number of aromatic nitrogens is 5. The summed E-state index contributed by atoms with van der Waals surface area (Å²) in [4.78, 5) is 4.81. The van der Waals surface area contributed by atoms with Gasteiger partial charge in [-0.05, 0) is 32.0 Å². The molecule has 0 saturated carbocycles. The van der Waals surface area contributed by atoms with Crippen LogP contribution in [-0.2, 0) is 0 Å². The molecule has 0 fully saturated rings. The Bertz CT molecular complexity index is 1170. The zero-order chi connectivity index (χ0) is 19.0. The number of rotatable bonds is 4. The zero-order valence-corrected chi connectivity index (χ0v) is 15.5. The van der Waals surface area contributed by atoms with Gasteiger partial charge in [-0.25, -0.2) is 13.9 Å². The lowest BCUT2D eigenvalue weighted by Gasteiger charge is -2.08. The van der Waals surface area contributed by atoms with Crippen molar-refractivity contribution in [1.29, 1.82) is 5.26 Å². The molecule has 0 N–H and O–H groups in total. The second kappa shape index (κ2) is 6.85. The van der Waals surface area contributed by atoms with Crippen molar-refractivity contribution in [3.63, 3.8) is 0 Å². The highest BCUT2D eigenvalue weighted by Crippen LogP contribution is 2.35. The maximum absolute atomic E-state index is 14.1. The molecule has 0 aliphatic rings. The molecule has 4 rings (SSSR count). The average molecular weight is 378 g/mol. The first kappa shape index (κ1) is 17.2. The number of pyridine rings is 2. The summed E-state index contributed by atoms with van der Waals surface area (Å²) in [6, 6.07) is 7.21. The number of nitriles is 1. The van der Waals surface area contributed by atoms with Crippen LogP contribution in [-0.4, -0.2) is 24.4 Å². The molecule has 0 aliphatic carbocycles. The minimum absolute atomic E-state index is 0.244. The molecule has 4 aromatic heterocycles. The molecule has 0 amide bonds. The predicted molar refractivity (Wildman–Crippen MR) is 99.8 cm³/mol. The smallest absolute Gasteiger partial charge is 0.155 e. The van der Waals surface area contributed by atoms with Crippen molar-refractivity contribution in [3.8, 4) is 17.2 Å². The van der Waals surface area contributed by atoms with Gasteiger partial charge in [-0.15, -0.1) is 0 Å². The molecule has 8 heteroatoms. The lowest BCUT2D eigenvalue weighted by atomic mass is 10.1. The van der Waals surface area contributed by atoms with Crippen LogP contribution < -0.4 is 0 Å². The topological polar surface area (TPSA) is 71.8 Å². The van der Waals surface area contributed by atoms with Crippen molar-refractivity contribution >= 4 is 17.3 Å². The second-order valence-electron chi connectivity index (χ2n) is 6.25. The number of nitrogens with zero attached hydrogens (tertiary/aromatic N) is 6. The first-order valence-corrected chi connectivity index (χ1v) is 9.13. The van der Waals surface area contributed by atoms with Gasteiger partial charge in [0, 0.05) is 40.7 Å². The summed E-state index contributed by atoms with van der Waals surface area (Å²) in [7, 11) is 0. The lowest BCUT2D eigenvalue weighted by molar-refractivity contribution is 0.532. The summed E-state index contributed by atoms with van der Waals surface area (Å²) >= 11 is 1.17. The molecule has 134 valence electrons. The van der Waals surface area contributed by atoms with Crippen molar-refractivity contribution in [2.24, 2.45) is 0 Å². The average Bonchev–Trinajstić information content (AvgIpc) is 3.30. The maximum Gasteiger partial charge on any atom is 0.155 e. The van der Waals surface area contributed by atoms with E-state index in [-0.39, 0.29) is 11.1 Å². The van der Waals surface area contributed by atoms with E-state index in [2.05, 4.69) is 35.1 Å². The van der Waals surface area contributed by atoms with Gasteiger partial charge in [0.05, 0.1) is 23.5 Å². The summed E-state index contributed by atoms with van der Waals surface area (Å²) in [5.74, 6) is -0.406. The van der Waals surface area contributed by atoms with Crippen LogP contribution >= 0.6 is 11.8 Å². The van der Waals surface area contributed by atoms with Crippen molar-refractivity contribution in [2.75, 3.05) is 0 Å². The molecule has 0 atom stereocenters. The van der Waals surface area contributed by atoms with Gasteiger partial charge in [0.1, 0.15) is 11.1 Å². The molecular formula is C19H15FN6S. The molecule has 4 heterocycles. The molecule has 0 bridgehead atoms. The van der Waals surface area contributed by atoms with E-state index >= 15 is 0 Å². The van der Waals surface area contributed by atoms with Gasteiger partial charge in [-0.2, -0.15) is 15.5 Å². The predicted octanol–water partition coefficient (Wildman–Crippen LogP) is 4.34. The largest absolute Gasteiger partial charge is 0.270 e. The zero-order valence-electron chi connectivity index (χ0n) is 14.7. The molecule has 0 radical (unpaired) electrons. The SMILES string of the molecule is CC(C)n1cc(-c2cc(Sc3ncccc3F)c3c(C#N)cnn3c2)cn1. The van der Waals surface area contributed by atoms with E-state index in [4.69, 9.17) is 0 Å². The van der Waals surface area contributed by atoms with Crippen LogP contribution in [0.3, 0.4) is 0 Å². The summed E-state index contributed by atoms with van der Waals surface area (Å²) in [5, 5.41) is 18.3. The Balaban J connectivity index is 1.88.